The number of aromatic nitrogens is 1. The number of rotatable bonds is 5. The molecule has 0 bridgehead atoms. The smallest absolute Gasteiger partial charge is 0.338 e. The van der Waals surface area contributed by atoms with Gasteiger partial charge in [-0.25, -0.2) is 4.79 Å². The van der Waals surface area contributed by atoms with Crippen molar-refractivity contribution in [2.45, 2.75) is 33.1 Å². The van der Waals surface area contributed by atoms with E-state index < -0.39 is 0 Å². The Hall–Kier alpha value is -1.77. The molecule has 0 unspecified atom stereocenters. The Kier molecular flexibility index (Phi) is 4.25. The summed E-state index contributed by atoms with van der Waals surface area (Å²) < 4.78 is 7.18. The van der Waals surface area contributed by atoms with Crippen LogP contribution >= 0.6 is 0 Å². The minimum absolute atomic E-state index is 0.241. The fourth-order valence-electron chi connectivity index (χ4n) is 2.38. The van der Waals surface area contributed by atoms with E-state index in [4.69, 9.17) is 4.74 Å². The van der Waals surface area contributed by atoms with Crippen LogP contribution in [-0.2, 0) is 18.2 Å². The van der Waals surface area contributed by atoms with Gasteiger partial charge >= 0.3 is 5.97 Å². The molecule has 2 aromatic rings. The van der Waals surface area contributed by atoms with Gasteiger partial charge in [-0.05, 0) is 43.5 Å². The highest BCUT2D eigenvalue weighted by atomic mass is 16.5. The Morgan fingerprint density at radius 2 is 2.11 bits per heavy atom. The van der Waals surface area contributed by atoms with Crippen molar-refractivity contribution in [2.75, 3.05) is 6.61 Å². The number of nitrogens with zero attached hydrogens (tertiary/aromatic N) is 1. The van der Waals surface area contributed by atoms with Crippen LogP contribution in [0.15, 0.2) is 24.4 Å². The fraction of sp³-hybridized carbons (Fsp3) is 0.438. The van der Waals surface area contributed by atoms with E-state index in [1.165, 1.54) is 29.3 Å². The molecular weight excluding hydrogens is 238 g/mol. The zero-order valence-corrected chi connectivity index (χ0v) is 11.9. The zero-order chi connectivity index (χ0) is 13.8. The number of benzene rings is 1. The highest BCUT2D eigenvalue weighted by molar-refractivity contribution is 5.95. The minimum atomic E-state index is -0.241. The summed E-state index contributed by atoms with van der Waals surface area (Å²) >= 11 is 0. The SMILES string of the molecule is CCCCc1cn(C)c2ccc(C(=O)OCC)cc12. The summed E-state index contributed by atoms with van der Waals surface area (Å²) in [4.78, 5) is 11.8. The molecule has 0 saturated heterocycles. The van der Waals surface area contributed by atoms with Gasteiger partial charge in [0.15, 0.2) is 0 Å². The first-order chi connectivity index (χ1) is 9.17. The predicted molar refractivity (Wildman–Crippen MR) is 77.5 cm³/mol. The molecule has 0 aliphatic heterocycles. The summed E-state index contributed by atoms with van der Waals surface area (Å²) in [6.07, 6.45) is 5.56. The first-order valence-corrected chi connectivity index (χ1v) is 6.92. The summed E-state index contributed by atoms with van der Waals surface area (Å²) in [5, 5.41) is 1.17. The van der Waals surface area contributed by atoms with E-state index in [1.807, 2.05) is 32.2 Å². The molecule has 0 radical (unpaired) electrons. The van der Waals surface area contributed by atoms with Crippen molar-refractivity contribution in [2.24, 2.45) is 7.05 Å². The Morgan fingerprint density at radius 1 is 1.32 bits per heavy atom. The molecule has 3 nitrogen and oxygen atoms in total. The van der Waals surface area contributed by atoms with Crippen LogP contribution in [0.4, 0.5) is 0 Å². The number of hydrogen-bond donors (Lipinski definition) is 0. The molecule has 0 N–H and O–H groups in total. The molecule has 1 aromatic heterocycles. The average molecular weight is 259 g/mol. The molecule has 2 rings (SSSR count). The van der Waals surface area contributed by atoms with E-state index in [2.05, 4.69) is 17.7 Å². The van der Waals surface area contributed by atoms with Crippen molar-refractivity contribution in [3.63, 3.8) is 0 Å². The second-order valence-electron chi connectivity index (χ2n) is 4.82. The van der Waals surface area contributed by atoms with Crippen molar-refractivity contribution in [3.05, 3.63) is 35.5 Å². The number of unbranched alkanes of at least 4 members (excludes halogenated alkanes) is 1. The Bertz CT molecular complexity index is 584. The van der Waals surface area contributed by atoms with E-state index >= 15 is 0 Å². The number of ether oxygens (including phenoxy) is 1. The fourth-order valence-corrected chi connectivity index (χ4v) is 2.38. The minimum Gasteiger partial charge on any atom is -0.462 e. The second-order valence-corrected chi connectivity index (χ2v) is 4.82. The largest absolute Gasteiger partial charge is 0.462 e. The molecule has 0 aliphatic carbocycles. The standard InChI is InChI=1S/C16H21NO2/c1-4-6-7-13-11-17(3)15-9-8-12(10-14(13)15)16(18)19-5-2/h8-11H,4-7H2,1-3H3. The number of aryl methyl sites for hydroxylation is 2. The third-order valence-electron chi connectivity index (χ3n) is 3.38. The van der Waals surface area contributed by atoms with Gasteiger partial charge in [0.2, 0.25) is 0 Å². The van der Waals surface area contributed by atoms with Crippen molar-refractivity contribution in [1.82, 2.24) is 4.57 Å². The topological polar surface area (TPSA) is 31.2 Å². The number of esters is 1. The third kappa shape index (κ3) is 2.80. The van der Waals surface area contributed by atoms with Gasteiger partial charge < -0.3 is 9.30 Å². The maximum Gasteiger partial charge on any atom is 0.338 e. The molecular formula is C16H21NO2. The van der Waals surface area contributed by atoms with Crippen LogP contribution < -0.4 is 0 Å². The van der Waals surface area contributed by atoms with Crippen molar-refractivity contribution in [1.29, 1.82) is 0 Å². The summed E-state index contributed by atoms with van der Waals surface area (Å²) in [6, 6.07) is 5.79. The van der Waals surface area contributed by atoms with Gasteiger partial charge in [0.25, 0.3) is 0 Å². The lowest BCUT2D eigenvalue weighted by Crippen LogP contribution is -2.04. The van der Waals surface area contributed by atoms with Crippen LogP contribution in [-0.4, -0.2) is 17.1 Å². The van der Waals surface area contributed by atoms with Gasteiger partial charge in [0.05, 0.1) is 12.2 Å². The number of hydrogen-bond acceptors (Lipinski definition) is 2. The Morgan fingerprint density at radius 3 is 2.79 bits per heavy atom. The van der Waals surface area contributed by atoms with Gasteiger partial charge in [-0.3, -0.25) is 0 Å². The van der Waals surface area contributed by atoms with Crippen molar-refractivity contribution in [3.8, 4) is 0 Å². The lowest BCUT2D eigenvalue weighted by Gasteiger charge is -2.03. The van der Waals surface area contributed by atoms with Crippen LogP contribution in [0.25, 0.3) is 10.9 Å². The molecule has 0 amide bonds. The lowest BCUT2D eigenvalue weighted by atomic mass is 10.1. The maximum atomic E-state index is 11.8. The van der Waals surface area contributed by atoms with E-state index in [1.54, 1.807) is 0 Å². The molecule has 0 aliphatic rings. The lowest BCUT2D eigenvalue weighted by molar-refractivity contribution is 0.0526. The summed E-state index contributed by atoms with van der Waals surface area (Å²) in [5.74, 6) is -0.241. The summed E-state index contributed by atoms with van der Waals surface area (Å²) in [6.45, 7) is 4.43. The van der Waals surface area contributed by atoms with E-state index in [-0.39, 0.29) is 5.97 Å². The first kappa shape index (κ1) is 13.7. The van der Waals surface area contributed by atoms with E-state index in [0.29, 0.717) is 12.2 Å². The average Bonchev–Trinajstić information content (AvgIpc) is 2.73. The zero-order valence-electron chi connectivity index (χ0n) is 11.9. The monoisotopic (exact) mass is 259 g/mol. The highest BCUT2D eigenvalue weighted by Gasteiger charge is 2.11. The van der Waals surface area contributed by atoms with Crippen molar-refractivity contribution >= 4 is 16.9 Å². The number of carbonyl (C=O) groups excluding carboxylic acids is 1. The summed E-state index contributed by atoms with van der Waals surface area (Å²) in [5.41, 5.74) is 3.11. The maximum absolute atomic E-state index is 11.8. The van der Waals surface area contributed by atoms with E-state index in [0.717, 1.165) is 6.42 Å². The molecule has 0 atom stereocenters. The van der Waals surface area contributed by atoms with E-state index in [9.17, 15) is 4.79 Å². The van der Waals surface area contributed by atoms with Crippen LogP contribution in [0, 0.1) is 0 Å². The normalized spacial score (nSPS) is 10.9. The number of carbonyl (C=O) groups is 1. The van der Waals surface area contributed by atoms with Crippen LogP contribution in [0.3, 0.4) is 0 Å². The van der Waals surface area contributed by atoms with Gasteiger partial charge in [-0.1, -0.05) is 13.3 Å². The molecule has 1 aromatic carbocycles. The second kappa shape index (κ2) is 5.91. The molecule has 102 valence electrons. The van der Waals surface area contributed by atoms with Crippen molar-refractivity contribution < 1.29 is 9.53 Å². The Balaban J connectivity index is 2.41. The van der Waals surface area contributed by atoms with Gasteiger partial charge in [0.1, 0.15) is 0 Å². The van der Waals surface area contributed by atoms with Gasteiger partial charge in [0, 0.05) is 24.1 Å². The predicted octanol–water partition coefficient (Wildman–Crippen LogP) is 3.70. The van der Waals surface area contributed by atoms with Crippen LogP contribution in [0.2, 0.25) is 0 Å². The van der Waals surface area contributed by atoms with Crippen LogP contribution in [0.5, 0.6) is 0 Å². The van der Waals surface area contributed by atoms with Gasteiger partial charge in [-0.15, -0.1) is 0 Å². The molecule has 0 saturated carbocycles. The summed E-state index contributed by atoms with van der Waals surface area (Å²) in [7, 11) is 2.04. The molecule has 1 heterocycles. The molecule has 3 heteroatoms. The number of fused-ring (bicyclic) bond motifs is 1. The molecule has 0 fully saturated rings. The highest BCUT2D eigenvalue weighted by Crippen LogP contribution is 2.24. The quantitative estimate of drug-likeness (QED) is 0.767. The van der Waals surface area contributed by atoms with Crippen LogP contribution in [0.1, 0.15) is 42.6 Å². The third-order valence-corrected chi connectivity index (χ3v) is 3.38. The molecule has 19 heavy (non-hydrogen) atoms. The van der Waals surface area contributed by atoms with Gasteiger partial charge in [-0.2, -0.15) is 0 Å². The first-order valence-electron chi connectivity index (χ1n) is 6.92. The molecule has 0 spiro atoms. The Labute approximate surface area is 114 Å².